The number of fused-ring (bicyclic) bond motifs is 4. The van der Waals surface area contributed by atoms with Crippen molar-refractivity contribution in [2.75, 3.05) is 44.5 Å². The van der Waals surface area contributed by atoms with E-state index in [9.17, 15) is 13.8 Å². The van der Waals surface area contributed by atoms with Gasteiger partial charge in [-0.2, -0.15) is 0 Å². The first-order valence-electron chi connectivity index (χ1n) is 16.2. The number of rotatable bonds is 2. The average molecular weight is 635 g/mol. The summed E-state index contributed by atoms with van der Waals surface area (Å²) in [7, 11) is -0.185. The van der Waals surface area contributed by atoms with Gasteiger partial charge in [-0.05, 0) is 92.5 Å². The van der Waals surface area contributed by atoms with E-state index in [0.717, 1.165) is 56.6 Å². The first-order chi connectivity index (χ1) is 21.6. The summed E-state index contributed by atoms with van der Waals surface area (Å²) in [5.41, 5.74) is 5.03. The van der Waals surface area contributed by atoms with Gasteiger partial charge in [0.05, 0.1) is 24.2 Å². The van der Waals surface area contributed by atoms with Crippen molar-refractivity contribution < 1.29 is 23.3 Å². The molecule has 0 aromatic heterocycles. The van der Waals surface area contributed by atoms with Crippen molar-refractivity contribution >= 4 is 27.5 Å². The van der Waals surface area contributed by atoms with Gasteiger partial charge in [-0.3, -0.25) is 9.52 Å². The molecule has 242 valence electrons. The van der Waals surface area contributed by atoms with E-state index in [1.807, 2.05) is 19.1 Å². The van der Waals surface area contributed by atoms with Crippen molar-refractivity contribution in [3.05, 3.63) is 70.8 Å². The predicted octanol–water partition coefficient (Wildman–Crippen LogP) is 5.56. The Kier molecular flexibility index (Phi) is 8.98. The number of carbonyl (C=O) groups excluding carboxylic acids is 2. The van der Waals surface area contributed by atoms with Crippen LogP contribution in [0.5, 0.6) is 5.75 Å². The minimum Gasteiger partial charge on any atom is -0.490 e. The summed E-state index contributed by atoms with van der Waals surface area (Å²) >= 11 is 0. The second-order valence-corrected chi connectivity index (χ2v) is 15.5. The molecule has 10 heteroatoms. The monoisotopic (exact) mass is 634 g/mol. The fourth-order valence-corrected chi connectivity index (χ4v) is 9.60. The Bertz CT molecular complexity index is 1610. The predicted molar refractivity (Wildman–Crippen MR) is 177 cm³/mol. The molecule has 6 rings (SSSR count). The SMILES string of the molecule is CNC(=O)NS1(=O)=NC(=O)c2ccc3c(c2)N(C[C@@H]2CC[C@H]2[C@@H](OC)/C=C/C[C@H](C)C1)C[C@@]1(CCCc2cc(C)ccc21)CO3. The first-order valence-corrected chi connectivity index (χ1v) is 17.9. The molecule has 2 aliphatic heterocycles. The second kappa shape index (κ2) is 12.8. The normalized spacial score (nSPS) is 32.1. The number of hydrogen-bond acceptors (Lipinski definition) is 6. The molecule has 1 saturated carbocycles. The van der Waals surface area contributed by atoms with Gasteiger partial charge >= 0.3 is 6.03 Å². The van der Waals surface area contributed by atoms with Gasteiger partial charge in [-0.25, -0.2) is 9.00 Å². The number of nitrogens with one attached hydrogen (secondary N) is 2. The lowest BCUT2D eigenvalue weighted by Crippen LogP contribution is -2.49. The number of nitrogens with zero attached hydrogens (tertiary/aromatic N) is 2. The van der Waals surface area contributed by atoms with Gasteiger partial charge < -0.3 is 19.7 Å². The van der Waals surface area contributed by atoms with Crippen LogP contribution in [0.4, 0.5) is 10.5 Å². The molecule has 2 heterocycles. The van der Waals surface area contributed by atoms with Crippen LogP contribution in [0.1, 0.15) is 66.1 Å². The molecule has 45 heavy (non-hydrogen) atoms. The van der Waals surface area contributed by atoms with Crippen molar-refractivity contribution in [3.63, 3.8) is 0 Å². The van der Waals surface area contributed by atoms with E-state index in [-0.39, 0.29) is 23.2 Å². The number of allylic oxidation sites excluding steroid dienone is 1. The highest BCUT2D eigenvalue weighted by atomic mass is 32.2. The molecule has 2 N–H and O–H groups in total. The van der Waals surface area contributed by atoms with Crippen LogP contribution in [0.3, 0.4) is 0 Å². The molecular formula is C35H46N4O5S. The van der Waals surface area contributed by atoms with E-state index in [0.29, 0.717) is 30.4 Å². The number of anilines is 1. The lowest BCUT2D eigenvalue weighted by atomic mass is 9.68. The van der Waals surface area contributed by atoms with Crippen LogP contribution in [-0.2, 0) is 26.5 Å². The van der Waals surface area contributed by atoms with Gasteiger partial charge in [0.15, 0.2) is 0 Å². The fraction of sp³-hybridized carbons (Fsp3) is 0.543. The summed E-state index contributed by atoms with van der Waals surface area (Å²) in [5.74, 6) is 0.862. The Hall–Kier alpha value is -3.37. The van der Waals surface area contributed by atoms with E-state index in [1.165, 1.54) is 23.7 Å². The van der Waals surface area contributed by atoms with Gasteiger partial charge in [0.25, 0.3) is 5.91 Å². The van der Waals surface area contributed by atoms with Crippen LogP contribution >= 0.6 is 0 Å². The Morgan fingerprint density at radius 2 is 2.04 bits per heavy atom. The molecule has 1 fully saturated rings. The molecule has 2 aliphatic carbocycles. The number of ether oxygens (including phenoxy) is 2. The van der Waals surface area contributed by atoms with E-state index in [2.05, 4.69) is 56.6 Å². The van der Waals surface area contributed by atoms with Crippen molar-refractivity contribution in [2.24, 2.45) is 22.1 Å². The zero-order chi connectivity index (χ0) is 31.8. The van der Waals surface area contributed by atoms with Crippen LogP contribution in [0.2, 0.25) is 0 Å². The highest BCUT2D eigenvalue weighted by Gasteiger charge is 2.44. The molecule has 3 amide bonds. The van der Waals surface area contributed by atoms with Crippen LogP contribution in [0, 0.1) is 24.7 Å². The topological polar surface area (TPSA) is 109 Å². The van der Waals surface area contributed by atoms with Crippen molar-refractivity contribution in [3.8, 4) is 5.75 Å². The molecule has 6 atom stereocenters. The zero-order valence-corrected chi connectivity index (χ0v) is 27.7. The number of urea groups is 1. The van der Waals surface area contributed by atoms with Crippen LogP contribution in [-0.4, -0.2) is 61.9 Å². The Labute approximate surface area is 267 Å². The highest BCUT2D eigenvalue weighted by Crippen LogP contribution is 2.46. The summed E-state index contributed by atoms with van der Waals surface area (Å²) in [5, 5.41) is 2.44. The number of aryl methyl sites for hydroxylation is 2. The number of methoxy groups -OCH3 is 1. The average Bonchev–Trinajstić information content (AvgIpc) is 3.14. The molecule has 0 radical (unpaired) electrons. The Morgan fingerprint density at radius 3 is 2.80 bits per heavy atom. The molecule has 9 nitrogen and oxygen atoms in total. The second-order valence-electron chi connectivity index (χ2n) is 13.5. The van der Waals surface area contributed by atoms with Gasteiger partial charge in [0.1, 0.15) is 15.7 Å². The zero-order valence-electron chi connectivity index (χ0n) is 26.8. The summed E-state index contributed by atoms with van der Waals surface area (Å²) in [4.78, 5) is 28.4. The van der Waals surface area contributed by atoms with Gasteiger partial charge in [-0.1, -0.05) is 42.8 Å². The van der Waals surface area contributed by atoms with Crippen molar-refractivity contribution in [1.29, 1.82) is 0 Å². The quantitative estimate of drug-likeness (QED) is 0.419. The third kappa shape index (κ3) is 6.49. The van der Waals surface area contributed by atoms with Gasteiger partial charge in [0, 0.05) is 38.2 Å². The van der Waals surface area contributed by atoms with Crippen LogP contribution in [0.15, 0.2) is 52.9 Å². The van der Waals surface area contributed by atoms with E-state index >= 15 is 0 Å². The van der Waals surface area contributed by atoms with Crippen LogP contribution in [0.25, 0.3) is 0 Å². The van der Waals surface area contributed by atoms with Gasteiger partial charge in [-0.15, -0.1) is 4.36 Å². The minimum absolute atomic E-state index is 0.0233. The minimum atomic E-state index is -3.40. The Balaban J connectivity index is 1.45. The number of amides is 3. The lowest BCUT2D eigenvalue weighted by molar-refractivity contribution is 0.0131. The Morgan fingerprint density at radius 1 is 1.20 bits per heavy atom. The molecule has 0 saturated heterocycles. The molecule has 4 aliphatic rings. The van der Waals surface area contributed by atoms with Crippen molar-refractivity contribution in [1.82, 2.24) is 10.0 Å². The standard InChI is InChI=1S/C35H46N4O5S/c1-23-10-14-29-25(17-23)8-6-16-35(29)21-39-19-27-11-13-28(27)31(43-4)9-5-7-24(2)20-45(42,38-34(41)36-3)37-33(40)26-12-15-32(44-22-35)30(39)18-26/h5,9-10,12,14-15,17-18,24,27-28,31H,6-8,11,13,16,19-22H2,1-4H3,(H2,36,37,38,40,41,42)/b9-5+/t24-,27-,28+,31-,35-,45?/m0/s1. The maximum absolute atomic E-state index is 14.0. The highest BCUT2D eigenvalue weighted by molar-refractivity contribution is 7.92. The smallest absolute Gasteiger partial charge is 0.326 e. The molecule has 1 spiro atoms. The van der Waals surface area contributed by atoms with E-state index in [4.69, 9.17) is 9.47 Å². The van der Waals surface area contributed by atoms with E-state index in [1.54, 1.807) is 13.2 Å². The first kappa shape index (κ1) is 31.6. The lowest BCUT2D eigenvalue weighted by Gasteiger charge is -2.46. The number of benzene rings is 2. The largest absolute Gasteiger partial charge is 0.490 e. The number of hydrogen-bond donors (Lipinski definition) is 2. The third-order valence-electron chi connectivity index (χ3n) is 10.2. The molecule has 2 aromatic rings. The van der Waals surface area contributed by atoms with E-state index < -0.39 is 21.9 Å². The molecule has 2 aromatic carbocycles. The molecule has 1 unspecified atom stereocenters. The van der Waals surface area contributed by atoms with Gasteiger partial charge in [0.2, 0.25) is 0 Å². The number of carbonyl (C=O) groups is 2. The summed E-state index contributed by atoms with van der Waals surface area (Å²) < 4.78 is 33.3. The maximum Gasteiger partial charge on any atom is 0.326 e. The molecular weight excluding hydrogens is 588 g/mol. The maximum atomic E-state index is 14.0. The third-order valence-corrected chi connectivity index (χ3v) is 12.2. The summed E-state index contributed by atoms with van der Waals surface area (Å²) in [6, 6.07) is 11.6. The summed E-state index contributed by atoms with van der Waals surface area (Å²) in [6.07, 6.45) is 10.2. The molecule has 2 bridgehead atoms. The van der Waals surface area contributed by atoms with Crippen LogP contribution < -0.4 is 19.7 Å². The van der Waals surface area contributed by atoms with Crippen molar-refractivity contribution in [2.45, 2.75) is 63.9 Å². The fourth-order valence-electron chi connectivity index (χ4n) is 7.72. The summed E-state index contributed by atoms with van der Waals surface area (Å²) in [6.45, 7) is 6.25.